The summed E-state index contributed by atoms with van der Waals surface area (Å²) in [5.41, 5.74) is 4.35. The number of thioether (sulfide) groups is 1. The van der Waals surface area contributed by atoms with Gasteiger partial charge >= 0.3 is 0 Å². The average molecular weight is 497 g/mol. The third-order valence-electron chi connectivity index (χ3n) is 6.19. The summed E-state index contributed by atoms with van der Waals surface area (Å²) in [6, 6.07) is 16.3. The lowest BCUT2D eigenvalue weighted by Gasteiger charge is -2.25. The van der Waals surface area contributed by atoms with Crippen molar-refractivity contribution < 1.29 is 18.7 Å². The van der Waals surface area contributed by atoms with Gasteiger partial charge in [-0.1, -0.05) is 31.2 Å². The van der Waals surface area contributed by atoms with Gasteiger partial charge in [-0.3, -0.25) is 4.79 Å². The Balaban J connectivity index is 1.45. The van der Waals surface area contributed by atoms with Crippen LogP contribution in [-0.4, -0.2) is 35.5 Å². The first-order valence-corrected chi connectivity index (χ1v) is 12.9. The Kier molecular flexibility index (Phi) is 8.55. The fourth-order valence-electron chi connectivity index (χ4n) is 4.31. The number of nitrogens with one attached hydrogen (secondary N) is 2. The van der Waals surface area contributed by atoms with Gasteiger partial charge in [-0.15, -0.1) is 11.8 Å². The molecule has 2 atom stereocenters. The molecule has 35 heavy (non-hydrogen) atoms. The van der Waals surface area contributed by atoms with Crippen molar-refractivity contribution in [1.82, 2.24) is 10.6 Å². The number of benzene rings is 3. The molecule has 0 spiro atoms. The highest BCUT2D eigenvalue weighted by Crippen LogP contribution is 2.31. The molecule has 0 saturated heterocycles. The number of hydrogen-bond acceptors (Lipinski definition) is 4. The molecule has 4 rings (SSSR count). The summed E-state index contributed by atoms with van der Waals surface area (Å²) >= 11 is 1.77. The monoisotopic (exact) mass is 496 g/mol. The molecule has 0 aromatic heterocycles. The molecule has 3 aromatic rings. The van der Waals surface area contributed by atoms with E-state index in [9.17, 15) is 18.7 Å². The van der Waals surface area contributed by atoms with Crippen LogP contribution in [0.2, 0.25) is 0 Å². The van der Waals surface area contributed by atoms with E-state index in [4.69, 9.17) is 0 Å². The standard InChI is InChI=1S/C28H30F2N2O2S/c1-2-18-4-3-5-19(10-18)16-31-17-26(33)25(13-20-11-23(29)15-24(30)12-20)32-28(34)22-6-7-27-21(14-22)8-9-35-27/h3-7,10-12,14-15,25-26,31,33H,2,8-9,13,16-17H2,1H3,(H,32,34)/t25-,26+/m0/s1. The third-order valence-corrected chi connectivity index (χ3v) is 7.31. The van der Waals surface area contributed by atoms with Crippen LogP contribution in [0.5, 0.6) is 0 Å². The molecule has 0 unspecified atom stereocenters. The van der Waals surface area contributed by atoms with E-state index in [0.29, 0.717) is 17.7 Å². The first-order valence-electron chi connectivity index (χ1n) is 11.9. The highest BCUT2D eigenvalue weighted by molar-refractivity contribution is 7.99. The lowest BCUT2D eigenvalue weighted by atomic mass is 9.99. The zero-order chi connectivity index (χ0) is 24.8. The van der Waals surface area contributed by atoms with Gasteiger partial charge in [0, 0.05) is 35.4 Å². The first kappa shape index (κ1) is 25.4. The van der Waals surface area contributed by atoms with Gasteiger partial charge in [0.05, 0.1) is 12.1 Å². The number of aliphatic hydroxyl groups excluding tert-OH is 1. The molecule has 1 aliphatic rings. The second kappa shape index (κ2) is 11.8. The average Bonchev–Trinajstić information content (AvgIpc) is 3.31. The molecule has 3 N–H and O–H groups in total. The molecule has 7 heteroatoms. The summed E-state index contributed by atoms with van der Waals surface area (Å²) in [7, 11) is 0. The number of fused-ring (bicyclic) bond motifs is 1. The second-order valence-corrected chi connectivity index (χ2v) is 9.99. The number of amides is 1. The molecule has 1 amide bonds. The van der Waals surface area contributed by atoms with Gasteiger partial charge in [0.15, 0.2) is 0 Å². The molecule has 1 aliphatic heterocycles. The summed E-state index contributed by atoms with van der Waals surface area (Å²) in [5.74, 6) is -0.699. The van der Waals surface area contributed by atoms with Crippen LogP contribution in [0.1, 0.15) is 39.5 Å². The Morgan fingerprint density at radius 1 is 1.03 bits per heavy atom. The topological polar surface area (TPSA) is 61.4 Å². The minimum Gasteiger partial charge on any atom is -0.390 e. The number of carbonyl (C=O) groups is 1. The Hall–Kier alpha value is -2.74. The number of aliphatic hydroxyl groups is 1. The van der Waals surface area contributed by atoms with Gasteiger partial charge in [-0.2, -0.15) is 0 Å². The highest BCUT2D eigenvalue weighted by atomic mass is 32.2. The number of aryl methyl sites for hydroxylation is 2. The van der Waals surface area contributed by atoms with E-state index in [1.165, 1.54) is 22.6 Å². The molecule has 4 nitrogen and oxygen atoms in total. The molecule has 3 aromatic carbocycles. The Labute approximate surface area is 209 Å². The van der Waals surface area contributed by atoms with Crippen molar-refractivity contribution in [2.75, 3.05) is 12.3 Å². The lowest BCUT2D eigenvalue weighted by molar-refractivity contribution is 0.0829. The number of carbonyl (C=O) groups excluding carboxylic acids is 1. The van der Waals surface area contributed by atoms with Crippen molar-refractivity contribution >= 4 is 17.7 Å². The van der Waals surface area contributed by atoms with Gasteiger partial charge < -0.3 is 15.7 Å². The van der Waals surface area contributed by atoms with E-state index in [2.05, 4.69) is 29.7 Å². The van der Waals surface area contributed by atoms with E-state index in [1.54, 1.807) is 17.8 Å². The van der Waals surface area contributed by atoms with Crippen LogP contribution in [0.25, 0.3) is 0 Å². The number of hydrogen-bond donors (Lipinski definition) is 3. The summed E-state index contributed by atoms with van der Waals surface area (Å²) in [4.78, 5) is 14.2. The van der Waals surface area contributed by atoms with Gasteiger partial charge in [-0.25, -0.2) is 8.78 Å². The molecule has 1 heterocycles. The maximum Gasteiger partial charge on any atom is 0.251 e. The Bertz CT molecular complexity index is 1170. The van der Waals surface area contributed by atoms with E-state index in [0.717, 1.165) is 35.8 Å². The Morgan fingerprint density at radius 3 is 2.57 bits per heavy atom. The lowest BCUT2D eigenvalue weighted by Crippen LogP contribution is -2.48. The summed E-state index contributed by atoms with van der Waals surface area (Å²) < 4.78 is 27.6. The molecule has 0 fully saturated rings. The number of rotatable bonds is 10. The van der Waals surface area contributed by atoms with Crippen LogP contribution in [-0.2, 0) is 25.8 Å². The Morgan fingerprint density at radius 2 is 1.80 bits per heavy atom. The number of halogens is 2. The summed E-state index contributed by atoms with van der Waals surface area (Å²) in [5, 5.41) is 17.1. The molecule has 0 aliphatic carbocycles. The van der Waals surface area contributed by atoms with Gasteiger partial charge in [0.1, 0.15) is 11.6 Å². The zero-order valence-electron chi connectivity index (χ0n) is 19.7. The minimum atomic E-state index is -0.968. The maximum atomic E-state index is 13.8. The predicted molar refractivity (Wildman–Crippen MR) is 136 cm³/mol. The summed E-state index contributed by atoms with van der Waals surface area (Å²) in [6.45, 7) is 2.86. The largest absolute Gasteiger partial charge is 0.390 e. The third kappa shape index (κ3) is 6.90. The van der Waals surface area contributed by atoms with Crippen LogP contribution >= 0.6 is 11.8 Å². The smallest absolute Gasteiger partial charge is 0.251 e. The van der Waals surface area contributed by atoms with Crippen LogP contribution in [0.3, 0.4) is 0 Å². The van der Waals surface area contributed by atoms with E-state index < -0.39 is 23.8 Å². The van der Waals surface area contributed by atoms with Crippen molar-refractivity contribution in [3.05, 3.63) is 100 Å². The van der Waals surface area contributed by atoms with Crippen LogP contribution in [0, 0.1) is 11.6 Å². The van der Waals surface area contributed by atoms with E-state index in [-0.39, 0.29) is 18.9 Å². The van der Waals surface area contributed by atoms with Gasteiger partial charge in [-0.05, 0) is 71.8 Å². The van der Waals surface area contributed by atoms with E-state index >= 15 is 0 Å². The van der Waals surface area contributed by atoms with Crippen molar-refractivity contribution in [2.45, 2.75) is 49.8 Å². The van der Waals surface area contributed by atoms with Crippen LogP contribution < -0.4 is 10.6 Å². The van der Waals surface area contributed by atoms with Gasteiger partial charge in [0.25, 0.3) is 5.91 Å². The van der Waals surface area contributed by atoms with Crippen LogP contribution in [0.15, 0.2) is 65.6 Å². The maximum absolute atomic E-state index is 13.8. The van der Waals surface area contributed by atoms with Crippen molar-refractivity contribution in [1.29, 1.82) is 0 Å². The van der Waals surface area contributed by atoms with Crippen molar-refractivity contribution in [3.8, 4) is 0 Å². The first-order chi connectivity index (χ1) is 16.9. The quantitative estimate of drug-likeness (QED) is 0.382. The fourth-order valence-corrected chi connectivity index (χ4v) is 5.36. The molecule has 184 valence electrons. The zero-order valence-corrected chi connectivity index (χ0v) is 20.5. The normalized spacial score (nSPS) is 14.4. The van der Waals surface area contributed by atoms with Crippen molar-refractivity contribution in [3.63, 3.8) is 0 Å². The molecular weight excluding hydrogens is 466 g/mol. The second-order valence-electron chi connectivity index (χ2n) is 8.85. The highest BCUT2D eigenvalue weighted by Gasteiger charge is 2.24. The molecular formula is C28H30F2N2O2S. The summed E-state index contributed by atoms with van der Waals surface area (Å²) in [6.07, 6.45) is 0.981. The minimum absolute atomic E-state index is 0.0926. The van der Waals surface area contributed by atoms with Crippen molar-refractivity contribution in [2.24, 2.45) is 0 Å². The molecule has 0 bridgehead atoms. The predicted octanol–water partition coefficient (Wildman–Crippen LogP) is 4.67. The van der Waals surface area contributed by atoms with Gasteiger partial charge in [0.2, 0.25) is 0 Å². The SMILES string of the molecule is CCc1cccc(CNC[C@@H](O)[C@H](Cc2cc(F)cc(F)c2)NC(=O)c2ccc3c(c2)CCS3)c1. The van der Waals surface area contributed by atoms with Crippen LogP contribution in [0.4, 0.5) is 8.78 Å². The van der Waals surface area contributed by atoms with E-state index in [1.807, 2.05) is 24.3 Å². The fraction of sp³-hybridized carbons (Fsp3) is 0.321. The molecule has 0 saturated carbocycles. The molecule has 0 radical (unpaired) electrons.